The third-order valence-electron chi connectivity index (χ3n) is 4.18. The van der Waals surface area contributed by atoms with Crippen molar-refractivity contribution in [2.24, 2.45) is 5.10 Å². The van der Waals surface area contributed by atoms with Crippen LogP contribution in [0, 0.1) is 20.6 Å². The van der Waals surface area contributed by atoms with Crippen LogP contribution < -0.4 is 11.0 Å². The first-order chi connectivity index (χ1) is 13.8. The van der Waals surface area contributed by atoms with E-state index in [1.807, 2.05) is 24.3 Å². The number of carbonyl (C=O) groups excluding carboxylic acids is 1. The molecule has 1 amide bonds. The number of aromatic nitrogens is 2. The van der Waals surface area contributed by atoms with E-state index in [1.165, 1.54) is 28.9 Å². The van der Waals surface area contributed by atoms with Crippen LogP contribution in [0.15, 0.2) is 58.4 Å². The van der Waals surface area contributed by atoms with Crippen molar-refractivity contribution in [3.05, 3.63) is 89.4 Å². The van der Waals surface area contributed by atoms with Crippen LogP contribution in [0.1, 0.15) is 28.5 Å². The molecule has 148 valence electrons. The summed E-state index contributed by atoms with van der Waals surface area (Å²) in [5.41, 5.74) is 4.18. The average molecular weight is 505 g/mol. The Kier molecular flexibility index (Phi) is 5.92. The number of nitrogens with zero attached hydrogens (tertiary/aromatic N) is 3. The van der Waals surface area contributed by atoms with E-state index in [9.17, 15) is 19.7 Å². The van der Waals surface area contributed by atoms with Gasteiger partial charge in [0.05, 0.1) is 21.9 Å². The topological polar surface area (TPSA) is 122 Å². The number of H-pyrrole nitrogens is 1. The van der Waals surface area contributed by atoms with Crippen molar-refractivity contribution in [1.29, 1.82) is 0 Å². The van der Waals surface area contributed by atoms with E-state index >= 15 is 0 Å². The molecule has 3 aromatic rings. The summed E-state index contributed by atoms with van der Waals surface area (Å²) in [5.74, 6) is -0.537. The number of aromatic amines is 1. The summed E-state index contributed by atoms with van der Waals surface area (Å²) in [7, 11) is 0. The lowest BCUT2D eigenvalue weighted by Gasteiger charge is -2.02. The zero-order valence-corrected chi connectivity index (χ0v) is 17.6. The summed E-state index contributed by atoms with van der Waals surface area (Å²) >= 11 is 2.18. The number of nitro benzene ring substituents is 1. The third kappa shape index (κ3) is 4.42. The van der Waals surface area contributed by atoms with Crippen molar-refractivity contribution in [3.8, 4) is 5.69 Å². The summed E-state index contributed by atoms with van der Waals surface area (Å²) in [5, 5.41) is 17.7. The highest BCUT2D eigenvalue weighted by Gasteiger charge is 2.16. The molecule has 0 aliphatic carbocycles. The van der Waals surface area contributed by atoms with Crippen molar-refractivity contribution in [2.75, 3.05) is 0 Å². The van der Waals surface area contributed by atoms with Gasteiger partial charge in [0, 0.05) is 27.0 Å². The highest BCUT2D eigenvalue weighted by Crippen LogP contribution is 2.13. The molecular formula is C19H16IN5O4. The van der Waals surface area contributed by atoms with E-state index in [0.717, 1.165) is 3.57 Å². The monoisotopic (exact) mass is 505 g/mol. The maximum Gasteiger partial charge on any atom is 0.280 e. The van der Waals surface area contributed by atoms with Gasteiger partial charge >= 0.3 is 0 Å². The first-order valence-corrected chi connectivity index (χ1v) is 9.53. The fourth-order valence-electron chi connectivity index (χ4n) is 2.73. The van der Waals surface area contributed by atoms with E-state index in [1.54, 1.807) is 13.8 Å². The normalized spacial score (nSPS) is 11.3. The lowest BCUT2D eigenvalue weighted by atomic mass is 10.2. The number of non-ortho nitro benzene ring substituents is 1. The summed E-state index contributed by atoms with van der Waals surface area (Å²) in [6, 6.07) is 12.6. The molecular weight excluding hydrogens is 489 g/mol. The Balaban J connectivity index is 1.82. The average Bonchev–Trinajstić information content (AvgIpc) is 3.00. The van der Waals surface area contributed by atoms with Crippen LogP contribution in [0.4, 0.5) is 5.69 Å². The molecule has 2 aromatic carbocycles. The molecule has 0 radical (unpaired) electrons. The zero-order chi connectivity index (χ0) is 21.1. The van der Waals surface area contributed by atoms with Crippen LogP contribution in [0.2, 0.25) is 0 Å². The molecule has 2 N–H and O–H groups in total. The Hall–Kier alpha value is -3.28. The minimum atomic E-state index is -0.544. The minimum Gasteiger partial charge on any atom is -0.295 e. The quantitative estimate of drug-likeness (QED) is 0.240. The maximum atomic E-state index is 12.8. The Bertz CT molecular complexity index is 1160. The van der Waals surface area contributed by atoms with Gasteiger partial charge in [-0.25, -0.2) is 10.1 Å². The zero-order valence-electron chi connectivity index (χ0n) is 15.5. The highest BCUT2D eigenvalue weighted by atomic mass is 127. The minimum absolute atomic E-state index is 0.111. The van der Waals surface area contributed by atoms with Crippen molar-refractivity contribution in [2.45, 2.75) is 13.8 Å². The molecule has 0 spiro atoms. The second-order valence-electron chi connectivity index (χ2n) is 6.17. The molecule has 0 atom stereocenters. The van der Waals surface area contributed by atoms with E-state index < -0.39 is 10.8 Å². The van der Waals surface area contributed by atoms with Gasteiger partial charge in [0.2, 0.25) is 0 Å². The third-order valence-corrected chi connectivity index (χ3v) is 4.90. The predicted octanol–water partition coefficient (Wildman–Crippen LogP) is 3.14. The van der Waals surface area contributed by atoms with Crippen LogP contribution in [-0.4, -0.2) is 26.3 Å². The molecule has 0 fully saturated rings. The molecule has 0 saturated heterocycles. The van der Waals surface area contributed by atoms with E-state index in [0.29, 0.717) is 22.7 Å². The first kappa shape index (κ1) is 20.5. The van der Waals surface area contributed by atoms with E-state index in [4.69, 9.17) is 0 Å². The van der Waals surface area contributed by atoms with Crippen LogP contribution >= 0.6 is 22.6 Å². The van der Waals surface area contributed by atoms with Gasteiger partial charge in [0.1, 0.15) is 0 Å². The Morgan fingerprint density at radius 3 is 2.38 bits per heavy atom. The molecule has 0 saturated carbocycles. The molecule has 10 heteroatoms. The van der Waals surface area contributed by atoms with Crippen LogP contribution in [0.5, 0.6) is 0 Å². The second-order valence-corrected chi connectivity index (χ2v) is 7.42. The number of aryl methyl sites for hydroxylation is 1. The number of nitro groups is 1. The van der Waals surface area contributed by atoms with Crippen LogP contribution in [-0.2, 0) is 0 Å². The molecule has 3 rings (SSSR count). The SMILES string of the molecule is C/C(=N\NC(=O)c1ccc([N+](=O)[O-])cc1)c1c(C)[nH]n(-c2ccc(I)cc2)c1=O. The van der Waals surface area contributed by atoms with Crippen LogP contribution in [0.25, 0.3) is 5.69 Å². The molecule has 0 aliphatic rings. The number of benzene rings is 2. The number of hydrazone groups is 1. The van der Waals surface area contributed by atoms with Gasteiger partial charge in [-0.05, 0) is 72.8 Å². The predicted molar refractivity (Wildman–Crippen MR) is 117 cm³/mol. The van der Waals surface area contributed by atoms with Crippen molar-refractivity contribution < 1.29 is 9.72 Å². The molecule has 1 heterocycles. The molecule has 1 aromatic heterocycles. The number of hydrogen-bond donors (Lipinski definition) is 2. The molecule has 0 bridgehead atoms. The highest BCUT2D eigenvalue weighted by molar-refractivity contribution is 14.1. The van der Waals surface area contributed by atoms with Gasteiger partial charge in [-0.2, -0.15) is 5.10 Å². The molecule has 9 nitrogen and oxygen atoms in total. The summed E-state index contributed by atoms with van der Waals surface area (Å²) < 4.78 is 2.47. The summed E-state index contributed by atoms with van der Waals surface area (Å²) in [6.07, 6.45) is 0. The van der Waals surface area contributed by atoms with Crippen molar-refractivity contribution >= 4 is 39.9 Å². The fraction of sp³-hybridized carbons (Fsp3) is 0.105. The van der Waals surface area contributed by atoms with Gasteiger partial charge in [0.25, 0.3) is 17.2 Å². The fourth-order valence-corrected chi connectivity index (χ4v) is 3.09. The largest absolute Gasteiger partial charge is 0.295 e. The standard InChI is InChI=1S/C19H16IN5O4/c1-11(21-22-18(26)13-3-7-16(8-4-13)25(28)29)17-12(2)23-24(19(17)27)15-9-5-14(20)6-10-15/h3-10,23H,1-2H3,(H,22,26)/b21-11+. The van der Waals surface area contributed by atoms with Crippen molar-refractivity contribution in [3.63, 3.8) is 0 Å². The number of carbonyl (C=O) groups is 1. The Morgan fingerprint density at radius 1 is 1.17 bits per heavy atom. The molecule has 0 unspecified atom stereocenters. The lowest BCUT2D eigenvalue weighted by Crippen LogP contribution is -2.23. The number of amides is 1. The number of nitrogens with one attached hydrogen (secondary N) is 2. The maximum absolute atomic E-state index is 12.8. The number of hydrogen-bond acceptors (Lipinski definition) is 5. The second kappa shape index (κ2) is 8.39. The smallest absolute Gasteiger partial charge is 0.280 e. The Labute approximate surface area is 178 Å². The van der Waals surface area contributed by atoms with Crippen LogP contribution in [0.3, 0.4) is 0 Å². The summed E-state index contributed by atoms with van der Waals surface area (Å²) in [6.45, 7) is 3.36. The molecule has 0 aliphatic heterocycles. The van der Waals surface area contributed by atoms with Crippen molar-refractivity contribution in [1.82, 2.24) is 15.2 Å². The van der Waals surface area contributed by atoms with E-state index in [2.05, 4.69) is 38.2 Å². The van der Waals surface area contributed by atoms with Gasteiger partial charge in [-0.15, -0.1) is 0 Å². The number of halogens is 1. The Morgan fingerprint density at radius 2 is 1.79 bits per heavy atom. The number of rotatable bonds is 5. The van der Waals surface area contributed by atoms with Gasteiger partial charge in [-0.1, -0.05) is 0 Å². The van der Waals surface area contributed by atoms with Gasteiger partial charge in [0.15, 0.2) is 0 Å². The van der Waals surface area contributed by atoms with Gasteiger partial charge < -0.3 is 0 Å². The lowest BCUT2D eigenvalue weighted by molar-refractivity contribution is -0.384. The van der Waals surface area contributed by atoms with E-state index in [-0.39, 0.29) is 16.8 Å². The first-order valence-electron chi connectivity index (χ1n) is 8.45. The van der Waals surface area contributed by atoms with Gasteiger partial charge in [-0.3, -0.25) is 24.8 Å². The summed E-state index contributed by atoms with van der Waals surface area (Å²) in [4.78, 5) is 35.2. The molecule has 29 heavy (non-hydrogen) atoms.